The van der Waals surface area contributed by atoms with Crippen molar-refractivity contribution in [3.8, 4) is 0 Å². The number of aromatic amines is 2. The largest absolute Gasteiger partial charge is 0.480 e. The van der Waals surface area contributed by atoms with E-state index in [2.05, 4.69) is 35.9 Å². The molecule has 0 fully saturated rings. The minimum atomic E-state index is -1.59. The number of carboxylic acid groups (broad SMARTS) is 1. The molecule has 2 heterocycles. The van der Waals surface area contributed by atoms with E-state index in [1.54, 1.807) is 0 Å². The van der Waals surface area contributed by atoms with Crippen LogP contribution < -0.4 is 27.4 Å². The lowest BCUT2D eigenvalue weighted by Crippen LogP contribution is -2.59. The van der Waals surface area contributed by atoms with Crippen molar-refractivity contribution in [2.75, 3.05) is 6.61 Å². The molecule has 4 amide bonds. The van der Waals surface area contributed by atoms with Gasteiger partial charge in [-0.15, -0.1) is 0 Å². The lowest BCUT2D eigenvalue weighted by molar-refractivity contribution is -0.142. The van der Waals surface area contributed by atoms with Crippen LogP contribution in [-0.4, -0.2) is 90.5 Å². The monoisotopic (exact) mass is 493 g/mol. The molecule has 0 spiro atoms. The van der Waals surface area contributed by atoms with Gasteiger partial charge < -0.3 is 47.6 Å². The van der Waals surface area contributed by atoms with E-state index in [1.165, 1.54) is 25.0 Å². The number of aliphatic carboxylic acids is 1. The Hall–Kier alpha value is -4.31. The second-order valence-electron chi connectivity index (χ2n) is 7.54. The summed E-state index contributed by atoms with van der Waals surface area (Å²) < 4.78 is 0. The number of aromatic nitrogens is 4. The SMILES string of the molecule is NC(=O)C[C@H](NC(=O)[C@@H](N)Cc1cnc[nH]1)C(=O)N[C@@H](CO)C(=O)N[C@@H](Cc1cnc[nH]1)C(=O)O. The number of nitrogens with two attached hydrogens (primary N) is 2. The van der Waals surface area contributed by atoms with Gasteiger partial charge in [-0.05, 0) is 0 Å². The second-order valence-corrected chi connectivity index (χ2v) is 7.54. The zero-order valence-corrected chi connectivity index (χ0v) is 18.4. The van der Waals surface area contributed by atoms with Crippen LogP contribution >= 0.6 is 0 Å². The van der Waals surface area contributed by atoms with E-state index in [4.69, 9.17) is 11.5 Å². The maximum Gasteiger partial charge on any atom is 0.326 e. The molecular formula is C19H27N9O7. The molecule has 0 radical (unpaired) electrons. The molecule has 0 aliphatic rings. The van der Waals surface area contributed by atoms with Gasteiger partial charge in [0.15, 0.2) is 0 Å². The summed E-state index contributed by atoms with van der Waals surface area (Å²) in [7, 11) is 0. The van der Waals surface area contributed by atoms with Gasteiger partial charge in [0.2, 0.25) is 23.6 Å². The number of primary amides is 1. The Balaban J connectivity index is 2.02. The molecule has 0 aromatic carbocycles. The van der Waals surface area contributed by atoms with Gasteiger partial charge in [0.1, 0.15) is 18.1 Å². The zero-order valence-electron chi connectivity index (χ0n) is 18.4. The minimum absolute atomic E-state index is 0.0608. The van der Waals surface area contributed by atoms with Gasteiger partial charge in [-0.2, -0.15) is 0 Å². The summed E-state index contributed by atoms with van der Waals surface area (Å²) in [6.07, 6.45) is 4.87. The van der Waals surface area contributed by atoms with Crippen LogP contribution in [0.3, 0.4) is 0 Å². The number of carbonyl (C=O) groups is 5. The minimum Gasteiger partial charge on any atom is -0.480 e. The molecule has 0 bridgehead atoms. The van der Waals surface area contributed by atoms with E-state index in [9.17, 15) is 34.2 Å². The molecule has 0 saturated heterocycles. The number of carbonyl (C=O) groups excluding carboxylic acids is 4. The summed E-state index contributed by atoms with van der Waals surface area (Å²) in [6.45, 7) is -0.898. The molecule has 2 aromatic heterocycles. The molecule has 11 N–H and O–H groups in total. The first-order chi connectivity index (χ1) is 16.6. The van der Waals surface area contributed by atoms with Crippen LogP contribution in [0.4, 0.5) is 0 Å². The molecule has 2 rings (SSSR count). The highest BCUT2D eigenvalue weighted by molar-refractivity contribution is 5.96. The summed E-state index contributed by atoms with van der Waals surface area (Å²) in [5.74, 6) is -5.09. The van der Waals surface area contributed by atoms with Gasteiger partial charge in [-0.25, -0.2) is 14.8 Å². The fourth-order valence-corrected chi connectivity index (χ4v) is 2.97. The number of amides is 4. The molecule has 16 heteroatoms. The third kappa shape index (κ3) is 8.52. The Kier molecular flexibility index (Phi) is 9.85. The van der Waals surface area contributed by atoms with Crippen LogP contribution in [0.1, 0.15) is 17.8 Å². The number of rotatable bonds is 14. The third-order valence-electron chi connectivity index (χ3n) is 4.78. The fourth-order valence-electron chi connectivity index (χ4n) is 2.97. The summed E-state index contributed by atoms with van der Waals surface area (Å²) in [6, 6.07) is -5.59. The fraction of sp³-hybridized carbons (Fsp3) is 0.421. The molecule has 16 nitrogen and oxygen atoms in total. The molecule has 4 atom stereocenters. The van der Waals surface area contributed by atoms with Crippen molar-refractivity contribution in [2.45, 2.75) is 43.4 Å². The lowest BCUT2D eigenvalue weighted by atomic mass is 10.1. The van der Waals surface area contributed by atoms with Crippen molar-refractivity contribution in [1.82, 2.24) is 35.9 Å². The van der Waals surface area contributed by atoms with Crippen LogP contribution in [0, 0.1) is 0 Å². The van der Waals surface area contributed by atoms with E-state index < -0.39 is 66.8 Å². The summed E-state index contributed by atoms with van der Waals surface area (Å²) in [5, 5.41) is 25.6. The van der Waals surface area contributed by atoms with Crippen LogP contribution in [0.25, 0.3) is 0 Å². The quantitative estimate of drug-likeness (QED) is 0.122. The number of H-pyrrole nitrogens is 2. The van der Waals surface area contributed by atoms with Gasteiger partial charge in [0, 0.05) is 36.6 Å². The number of nitrogens with one attached hydrogen (secondary N) is 5. The number of aliphatic hydroxyl groups excluding tert-OH is 1. The van der Waals surface area contributed by atoms with Crippen molar-refractivity contribution in [1.29, 1.82) is 0 Å². The Bertz CT molecular complexity index is 1010. The maximum atomic E-state index is 12.7. The average Bonchev–Trinajstić information content (AvgIpc) is 3.50. The van der Waals surface area contributed by atoms with Crippen LogP contribution in [0.15, 0.2) is 25.0 Å². The first kappa shape index (κ1) is 26.9. The van der Waals surface area contributed by atoms with Gasteiger partial charge in [0.25, 0.3) is 0 Å². The summed E-state index contributed by atoms with van der Waals surface area (Å²) in [4.78, 5) is 73.6. The van der Waals surface area contributed by atoms with E-state index in [-0.39, 0.29) is 12.8 Å². The normalized spacial score (nSPS) is 14.2. The Morgan fingerprint density at radius 3 is 1.86 bits per heavy atom. The molecule has 2 aromatic rings. The predicted octanol–water partition coefficient (Wildman–Crippen LogP) is -4.35. The van der Waals surface area contributed by atoms with E-state index in [0.717, 1.165) is 0 Å². The molecule has 0 unspecified atom stereocenters. The zero-order chi connectivity index (χ0) is 26.0. The summed E-state index contributed by atoms with van der Waals surface area (Å²) in [5.41, 5.74) is 12.0. The third-order valence-corrected chi connectivity index (χ3v) is 4.78. The number of hydrogen-bond donors (Lipinski definition) is 9. The van der Waals surface area contributed by atoms with Crippen molar-refractivity contribution in [3.05, 3.63) is 36.4 Å². The van der Waals surface area contributed by atoms with Gasteiger partial charge in [-0.1, -0.05) is 0 Å². The van der Waals surface area contributed by atoms with Crippen molar-refractivity contribution >= 4 is 29.6 Å². The average molecular weight is 493 g/mol. The van der Waals surface area contributed by atoms with Gasteiger partial charge in [-0.3, -0.25) is 19.2 Å². The van der Waals surface area contributed by atoms with Crippen LogP contribution in [0.2, 0.25) is 0 Å². The maximum absolute atomic E-state index is 12.7. The van der Waals surface area contributed by atoms with E-state index in [0.29, 0.717) is 11.4 Å². The van der Waals surface area contributed by atoms with E-state index in [1.807, 2.05) is 0 Å². The number of nitrogens with zero attached hydrogens (tertiary/aromatic N) is 2. The number of aliphatic hydroxyl groups is 1. The van der Waals surface area contributed by atoms with Gasteiger partial charge in [0.05, 0.1) is 31.7 Å². The molecule has 0 aliphatic heterocycles. The number of carboxylic acids is 1. The first-order valence-electron chi connectivity index (χ1n) is 10.3. The lowest BCUT2D eigenvalue weighted by Gasteiger charge is -2.23. The van der Waals surface area contributed by atoms with Crippen LogP contribution in [0.5, 0.6) is 0 Å². The highest BCUT2D eigenvalue weighted by Gasteiger charge is 2.31. The second kappa shape index (κ2) is 12.8. The van der Waals surface area contributed by atoms with Gasteiger partial charge >= 0.3 is 5.97 Å². The molecule has 0 aliphatic carbocycles. The van der Waals surface area contributed by atoms with E-state index >= 15 is 0 Å². The predicted molar refractivity (Wildman–Crippen MR) is 117 cm³/mol. The number of hydrogen-bond acceptors (Lipinski definition) is 9. The Labute approximate surface area is 198 Å². The van der Waals surface area contributed by atoms with Crippen molar-refractivity contribution in [3.63, 3.8) is 0 Å². The van der Waals surface area contributed by atoms with Crippen molar-refractivity contribution in [2.24, 2.45) is 11.5 Å². The Morgan fingerprint density at radius 1 is 0.857 bits per heavy atom. The smallest absolute Gasteiger partial charge is 0.326 e. The van der Waals surface area contributed by atoms with Crippen molar-refractivity contribution < 1.29 is 34.2 Å². The molecular weight excluding hydrogens is 466 g/mol. The number of imidazole rings is 2. The highest BCUT2D eigenvalue weighted by Crippen LogP contribution is 2.02. The topological polar surface area (TPSA) is 271 Å². The molecule has 0 saturated carbocycles. The first-order valence-corrected chi connectivity index (χ1v) is 10.3. The standard InChI is InChI=1S/C19H27N9O7/c20-11(1-9-4-22-7-24-9)16(31)26-12(3-15(21)30)17(32)28-14(6-29)18(33)27-13(19(34)35)2-10-5-23-8-25-10/h4-5,7-8,11-14,29H,1-3,6,20H2,(H2,21,30)(H,22,24)(H,23,25)(H,26,31)(H,27,33)(H,28,32)(H,34,35)/t11-,12-,13-,14-/m0/s1. The molecule has 35 heavy (non-hydrogen) atoms. The molecule has 190 valence electrons. The Morgan fingerprint density at radius 2 is 1.37 bits per heavy atom. The summed E-state index contributed by atoms with van der Waals surface area (Å²) >= 11 is 0. The van der Waals surface area contributed by atoms with Crippen LogP contribution in [-0.2, 0) is 36.8 Å². The highest BCUT2D eigenvalue weighted by atomic mass is 16.4.